The fraction of sp³-hybridized carbons (Fsp3) is 0.412. The molecule has 1 saturated heterocycles. The Hall–Kier alpha value is -3.64. The topological polar surface area (TPSA) is 67.1 Å². The van der Waals surface area contributed by atoms with Crippen molar-refractivity contribution < 1.29 is 14.6 Å². The standard InChI is InChI=1S/C34H41N3O3/c1-22-11-8-9-14-26(22)24-12-10-13-25(19-24)27-20-28-30(36-17-15-34(6,7)16-18-36)29(23(2)21-37(28)35-27)31(32(38)39)40-33(3,4)5/h8-14,19-21,31H,15-18H2,1-7H3,(H,38,39)/t31-/m0/s1. The van der Waals surface area contributed by atoms with Crippen molar-refractivity contribution in [2.75, 3.05) is 18.0 Å². The molecule has 0 aliphatic carbocycles. The van der Waals surface area contributed by atoms with E-state index in [1.165, 1.54) is 11.1 Å². The Labute approximate surface area is 237 Å². The van der Waals surface area contributed by atoms with E-state index < -0.39 is 17.7 Å². The lowest BCUT2D eigenvalue weighted by atomic mass is 9.82. The lowest BCUT2D eigenvalue weighted by Gasteiger charge is -2.40. The van der Waals surface area contributed by atoms with Crippen LogP contribution >= 0.6 is 0 Å². The third-order valence-electron chi connectivity index (χ3n) is 7.98. The van der Waals surface area contributed by atoms with Crippen molar-refractivity contribution in [2.45, 2.75) is 73.0 Å². The average molecular weight is 540 g/mol. The first-order valence-corrected chi connectivity index (χ1v) is 14.2. The molecule has 2 aromatic heterocycles. The number of aliphatic carboxylic acids is 1. The highest BCUT2D eigenvalue weighted by Crippen LogP contribution is 2.42. The number of carbonyl (C=O) groups is 1. The average Bonchev–Trinajstić information content (AvgIpc) is 3.30. The smallest absolute Gasteiger partial charge is 0.337 e. The van der Waals surface area contributed by atoms with E-state index in [4.69, 9.17) is 9.84 Å². The Morgan fingerprint density at radius 2 is 1.65 bits per heavy atom. The molecule has 1 aliphatic rings. The summed E-state index contributed by atoms with van der Waals surface area (Å²) in [5, 5.41) is 15.4. The Kier molecular flexibility index (Phi) is 7.26. The maximum atomic E-state index is 12.7. The summed E-state index contributed by atoms with van der Waals surface area (Å²) in [7, 11) is 0. The van der Waals surface area contributed by atoms with Crippen LogP contribution in [0.5, 0.6) is 0 Å². The zero-order valence-electron chi connectivity index (χ0n) is 24.8. The lowest BCUT2D eigenvalue weighted by Crippen LogP contribution is -2.39. The van der Waals surface area contributed by atoms with Gasteiger partial charge in [-0.3, -0.25) is 0 Å². The number of aromatic nitrogens is 2. The zero-order valence-corrected chi connectivity index (χ0v) is 24.8. The molecule has 0 spiro atoms. The summed E-state index contributed by atoms with van der Waals surface area (Å²) >= 11 is 0. The predicted molar refractivity (Wildman–Crippen MR) is 162 cm³/mol. The minimum absolute atomic E-state index is 0.256. The number of rotatable bonds is 6. The second-order valence-electron chi connectivity index (χ2n) is 12.9. The highest BCUT2D eigenvalue weighted by molar-refractivity contribution is 5.87. The van der Waals surface area contributed by atoms with Gasteiger partial charge in [-0.1, -0.05) is 56.3 Å². The van der Waals surface area contributed by atoms with E-state index >= 15 is 0 Å². The van der Waals surface area contributed by atoms with Gasteiger partial charge in [0, 0.05) is 30.4 Å². The summed E-state index contributed by atoms with van der Waals surface area (Å²) in [6, 6.07) is 19.0. The molecule has 5 rings (SSSR count). The second kappa shape index (κ2) is 10.4. The van der Waals surface area contributed by atoms with Crippen molar-refractivity contribution in [3.8, 4) is 22.4 Å². The van der Waals surface area contributed by atoms with E-state index in [2.05, 4.69) is 80.3 Å². The van der Waals surface area contributed by atoms with Crippen molar-refractivity contribution in [1.29, 1.82) is 0 Å². The van der Waals surface area contributed by atoms with Gasteiger partial charge in [-0.25, -0.2) is 9.31 Å². The molecular formula is C34H41N3O3. The van der Waals surface area contributed by atoms with Gasteiger partial charge >= 0.3 is 5.97 Å². The Bertz CT molecular complexity index is 1550. The third-order valence-corrected chi connectivity index (χ3v) is 7.98. The molecule has 6 heteroatoms. The van der Waals surface area contributed by atoms with E-state index in [9.17, 15) is 9.90 Å². The molecule has 0 amide bonds. The van der Waals surface area contributed by atoms with Crippen molar-refractivity contribution in [2.24, 2.45) is 5.41 Å². The maximum Gasteiger partial charge on any atom is 0.337 e. The number of aryl methyl sites for hydroxylation is 2. The number of pyridine rings is 1. The number of anilines is 1. The number of piperidine rings is 1. The van der Waals surface area contributed by atoms with Gasteiger partial charge in [0.25, 0.3) is 0 Å². The number of carboxylic acids is 1. The number of hydrogen-bond donors (Lipinski definition) is 1. The van der Waals surface area contributed by atoms with E-state index in [0.717, 1.165) is 65.1 Å². The number of fused-ring (bicyclic) bond motifs is 1. The quantitative estimate of drug-likeness (QED) is 0.270. The summed E-state index contributed by atoms with van der Waals surface area (Å²) in [6.07, 6.45) is 2.92. The van der Waals surface area contributed by atoms with Gasteiger partial charge in [0.2, 0.25) is 0 Å². The summed E-state index contributed by atoms with van der Waals surface area (Å²) in [6.45, 7) is 16.1. The first-order chi connectivity index (χ1) is 18.8. The van der Waals surface area contributed by atoms with Gasteiger partial charge in [0.1, 0.15) is 0 Å². The Morgan fingerprint density at radius 3 is 2.30 bits per heavy atom. The van der Waals surface area contributed by atoms with E-state index in [-0.39, 0.29) is 5.41 Å². The van der Waals surface area contributed by atoms with Gasteiger partial charge in [-0.2, -0.15) is 5.10 Å². The number of benzene rings is 2. The van der Waals surface area contributed by atoms with Crippen LogP contribution in [0, 0.1) is 19.3 Å². The van der Waals surface area contributed by atoms with Gasteiger partial charge in [0.15, 0.2) is 6.10 Å². The van der Waals surface area contributed by atoms with Gasteiger partial charge in [0.05, 0.1) is 22.5 Å². The van der Waals surface area contributed by atoms with Crippen molar-refractivity contribution in [1.82, 2.24) is 9.61 Å². The van der Waals surface area contributed by atoms with Gasteiger partial charge in [-0.15, -0.1) is 0 Å². The lowest BCUT2D eigenvalue weighted by molar-refractivity contribution is -0.160. The van der Waals surface area contributed by atoms with Gasteiger partial charge < -0.3 is 14.7 Å². The van der Waals surface area contributed by atoms with Gasteiger partial charge in [-0.05, 0) is 87.3 Å². The molecule has 1 aliphatic heterocycles. The number of ether oxygens (including phenoxy) is 1. The minimum atomic E-state index is -1.09. The van der Waals surface area contributed by atoms with Crippen molar-refractivity contribution in [3.05, 3.63) is 77.5 Å². The minimum Gasteiger partial charge on any atom is -0.479 e. The van der Waals surface area contributed by atoms with E-state index in [1.54, 1.807) is 0 Å². The first kappa shape index (κ1) is 27.9. The molecule has 6 nitrogen and oxygen atoms in total. The Balaban J connectivity index is 1.69. The van der Waals surface area contributed by atoms with Crippen LogP contribution in [0.4, 0.5) is 5.69 Å². The van der Waals surface area contributed by atoms with Crippen LogP contribution in [0.25, 0.3) is 27.9 Å². The predicted octanol–water partition coefficient (Wildman–Crippen LogP) is 7.85. The maximum absolute atomic E-state index is 12.7. The Morgan fingerprint density at radius 1 is 0.975 bits per heavy atom. The molecule has 0 bridgehead atoms. The molecule has 1 atom stereocenters. The molecule has 0 unspecified atom stereocenters. The molecule has 1 N–H and O–H groups in total. The number of carboxylic acid groups (broad SMARTS) is 1. The molecule has 0 saturated carbocycles. The van der Waals surface area contributed by atoms with Crippen LogP contribution in [0.15, 0.2) is 60.8 Å². The fourth-order valence-corrected chi connectivity index (χ4v) is 5.72. The molecule has 40 heavy (non-hydrogen) atoms. The number of hydrogen-bond acceptors (Lipinski definition) is 4. The monoisotopic (exact) mass is 539 g/mol. The fourth-order valence-electron chi connectivity index (χ4n) is 5.72. The summed E-state index contributed by atoms with van der Waals surface area (Å²) < 4.78 is 8.12. The van der Waals surface area contributed by atoms with Crippen molar-refractivity contribution in [3.63, 3.8) is 0 Å². The third kappa shape index (κ3) is 5.64. The van der Waals surface area contributed by atoms with Crippen LogP contribution in [0.3, 0.4) is 0 Å². The van der Waals surface area contributed by atoms with E-state index in [0.29, 0.717) is 0 Å². The zero-order chi connectivity index (χ0) is 28.8. The second-order valence-corrected chi connectivity index (χ2v) is 12.9. The molecule has 3 heterocycles. The first-order valence-electron chi connectivity index (χ1n) is 14.2. The van der Waals surface area contributed by atoms with Crippen LogP contribution in [0.2, 0.25) is 0 Å². The van der Waals surface area contributed by atoms with Crippen LogP contribution < -0.4 is 4.90 Å². The van der Waals surface area contributed by atoms with Crippen LogP contribution in [-0.4, -0.2) is 39.4 Å². The highest BCUT2D eigenvalue weighted by atomic mass is 16.5. The summed E-state index contributed by atoms with van der Waals surface area (Å²) in [5.74, 6) is -0.980. The molecule has 2 aromatic carbocycles. The molecule has 210 valence electrons. The highest BCUT2D eigenvalue weighted by Gasteiger charge is 2.35. The molecule has 4 aromatic rings. The van der Waals surface area contributed by atoms with E-state index in [1.807, 2.05) is 38.4 Å². The van der Waals surface area contributed by atoms with Crippen LogP contribution in [0.1, 0.15) is 70.3 Å². The normalized spacial score (nSPS) is 16.3. The molecule has 1 fully saturated rings. The van der Waals surface area contributed by atoms with Crippen LogP contribution in [-0.2, 0) is 9.53 Å². The summed E-state index contributed by atoms with van der Waals surface area (Å²) in [4.78, 5) is 15.0. The number of nitrogens with zero attached hydrogens (tertiary/aromatic N) is 3. The largest absolute Gasteiger partial charge is 0.479 e. The molecular weight excluding hydrogens is 498 g/mol. The molecule has 0 radical (unpaired) electrons. The summed E-state index contributed by atoms with van der Waals surface area (Å²) in [5.41, 5.74) is 8.48. The SMILES string of the molecule is Cc1ccccc1-c1cccc(-c2cc3c(N4CCC(C)(C)CC4)c([C@H](OC(C)(C)C)C(=O)O)c(C)cn3n2)c1. The van der Waals surface area contributed by atoms with Crippen molar-refractivity contribution >= 4 is 17.2 Å².